The number of hydrogen-bond acceptors (Lipinski definition) is 3. The van der Waals surface area contributed by atoms with Crippen LogP contribution in [0.15, 0.2) is 41.8 Å². The number of halogens is 1. The molecule has 0 saturated heterocycles. The molecule has 22 heavy (non-hydrogen) atoms. The summed E-state index contributed by atoms with van der Waals surface area (Å²) in [5, 5.41) is 7.05. The number of aryl methyl sites for hydroxylation is 3. The molecule has 1 N–H and O–H groups in total. The van der Waals surface area contributed by atoms with Crippen LogP contribution in [0.4, 0.5) is 10.8 Å². The minimum absolute atomic E-state index is 0.722. The summed E-state index contributed by atoms with van der Waals surface area (Å²) >= 11 is 7.67. The summed E-state index contributed by atoms with van der Waals surface area (Å²) in [6.07, 6.45) is 0. The second-order valence-corrected chi connectivity index (χ2v) is 6.74. The molecular weight excluding hydrogens is 312 g/mol. The predicted molar refractivity (Wildman–Crippen MR) is 96.5 cm³/mol. The Hall–Kier alpha value is -1.84. The van der Waals surface area contributed by atoms with Gasteiger partial charge in [0.15, 0.2) is 5.13 Å². The van der Waals surface area contributed by atoms with Gasteiger partial charge in [-0.15, -0.1) is 11.3 Å². The van der Waals surface area contributed by atoms with Gasteiger partial charge in [-0.1, -0.05) is 35.4 Å². The van der Waals surface area contributed by atoms with Crippen molar-refractivity contribution in [2.45, 2.75) is 20.8 Å². The average molecular weight is 329 g/mol. The Morgan fingerprint density at radius 1 is 1.00 bits per heavy atom. The van der Waals surface area contributed by atoms with Crippen LogP contribution in [0.5, 0.6) is 0 Å². The first-order valence-electron chi connectivity index (χ1n) is 7.09. The smallest absolute Gasteiger partial charge is 0.187 e. The molecule has 0 unspecified atom stereocenters. The standard InChI is InChI=1S/C18H17ClN2S/c1-11-4-5-12(2)15(8-11)17-10-22-18(21-17)20-16-9-14(19)7-6-13(16)3/h4-10H,1-3H3,(H,20,21). The van der Waals surface area contributed by atoms with E-state index in [1.807, 2.05) is 18.2 Å². The maximum Gasteiger partial charge on any atom is 0.187 e. The normalized spacial score (nSPS) is 10.7. The van der Waals surface area contributed by atoms with E-state index in [1.165, 1.54) is 16.7 Å². The van der Waals surface area contributed by atoms with Gasteiger partial charge < -0.3 is 5.32 Å². The van der Waals surface area contributed by atoms with Crippen LogP contribution in [0.3, 0.4) is 0 Å². The third-order valence-electron chi connectivity index (χ3n) is 3.61. The molecule has 0 radical (unpaired) electrons. The number of nitrogens with zero attached hydrogens (tertiary/aromatic N) is 1. The third kappa shape index (κ3) is 3.16. The van der Waals surface area contributed by atoms with Crippen LogP contribution in [0.2, 0.25) is 5.02 Å². The second kappa shape index (κ2) is 6.11. The first-order chi connectivity index (χ1) is 10.5. The Bertz CT molecular complexity index is 824. The molecule has 4 heteroatoms. The van der Waals surface area contributed by atoms with Crippen LogP contribution in [0.1, 0.15) is 16.7 Å². The molecule has 0 bridgehead atoms. The van der Waals surface area contributed by atoms with Gasteiger partial charge in [0, 0.05) is 21.7 Å². The Morgan fingerprint density at radius 3 is 2.59 bits per heavy atom. The highest BCUT2D eigenvalue weighted by Gasteiger charge is 2.09. The number of hydrogen-bond donors (Lipinski definition) is 1. The molecule has 0 amide bonds. The summed E-state index contributed by atoms with van der Waals surface area (Å²) in [5.41, 5.74) is 6.82. The number of nitrogens with one attached hydrogen (secondary N) is 1. The van der Waals surface area contributed by atoms with Gasteiger partial charge >= 0.3 is 0 Å². The van der Waals surface area contributed by atoms with E-state index in [0.717, 1.165) is 27.1 Å². The van der Waals surface area contributed by atoms with Gasteiger partial charge in [-0.3, -0.25) is 0 Å². The van der Waals surface area contributed by atoms with Crippen molar-refractivity contribution < 1.29 is 0 Å². The molecule has 2 nitrogen and oxygen atoms in total. The minimum Gasteiger partial charge on any atom is -0.331 e. The van der Waals surface area contributed by atoms with Crippen molar-refractivity contribution in [3.05, 3.63) is 63.5 Å². The van der Waals surface area contributed by atoms with Gasteiger partial charge in [0.2, 0.25) is 0 Å². The summed E-state index contributed by atoms with van der Waals surface area (Å²) in [6.45, 7) is 6.27. The molecule has 0 aliphatic heterocycles. The van der Waals surface area contributed by atoms with E-state index in [-0.39, 0.29) is 0 Å². The fraction of sp³-hybridized carbons (Fsp3) is 0.167. The molecule has 0 aliphatic rings. The zero-order valence-electron chi connectivity index (χ0n) is 12.8. The molecule has 1 heterocycles. The lowest BCUT2D eigenvalue weighted by atomic mass is 10.0. The Morgan fingerprint density at radius 2 is 1.77 bits per heavy atom. The number of aromatic nitrogens is 1. The molecule has 0 saturated carbocycles. The number of thiazole rings is 1. The van der Waals surface area contributed by atoms with Crippen LogP contribution in [0, 0.1) is 20.8 Å². The lowest BCUT2D eigenvalue weighted by Gasteiger charge is -2.07. The average Bonchev–Trinajstić information content (AvgIpc) is 2.94. The maximum absolute atomic E-state index is 6.07. The first-order valence-corrected chi connectivity index (χ1v) is 8.35. The van der Waals surface area contributed by atoms with E-state index in [1.54, 1.807) is 11.3 Å². The van der Waals surface area contributed by atoms with Gasteiger partial charge in [-0.2, -0.15) is 0 Å². The summed E-state index contributed by atoms with van der Waals surface area (Å²) in [6, 6.07) is 12.3. The number of benzene rings is 2. The molecule has 1 aromatic heterocycles. The number of anilines is 2. The highest BCUT2D eigenvalue weighted by Crippen LogP contribution is 2.31. The molecule has 0 spiro atoms. The summed E-state index contributed by atoms with van der Waals surface area (Å²) in [7, 11) is 0. The number of rotatable bonds is 3. The fourth-order valence-corrected chi connectivity index (χ4v) is 3.21. The van der Waals surface area contributed by atoms with Crippen molar-refractivity contribution in [3.63, 3.8) is 0 Å². The lowest BCUT2D eigenvalue weighted by Crippen LogP contribution is -1.93. The second-order valence-electron chi connectivity index (χ2n) is 5.44. The van der Waals surface area contributed by atoms with Gasteiger partial charge in [0.05, 0.1) is 5.69 Å². The van der Waals surface area contributed by atoms with Crippen LogP contribution >= 0.6 is 22.9 Å². The van der Waals surface area contributed by atoms with Crippen LogP contribution in [-0.2, 0) is 0 Å². The summed E-state index contributed by atoms with van der Waals surface area (Å²) < 4.78 is 0. The SMILES string of the molecule is Cc1ccc(C)c(-c2csc(Nc3cc(Cl)ccc3C)n2)c1. The van der Waals surface area contributed by atoms with Crippen molar-refractivity contribution in [1.82, 2.24) is 4.98 Å². The molecule has 0 aliphatic carbocycles. The summed E-state index contributed by atoms with van der Waals surface area (Å²) in [4.78, 5) is 4.71. The zero-order chi connectivity index (χ0) is 15.7. The largest absolute Gasteiger partial charge is 0.331 e. The molecule has 3 rings (SSSR count). The molecule has 3 aromatic rings. The van der Waals surface area contributed by atoms with E-state index in [4.69, 9.17) is 16.6 Å². The molecule has 2 aromatic carbocycles. The quantitative estimate of drug-likeness (QED) is 0.625. The first kappa shape index (κ1) is 15.1. The van der Waals surface area contributed by atoms with E-state index in [9.17, 15) is 0 Å². The van der Waals surface area contributed by atoms with Crippen molar-refractivity contribution in [2.75, 3.05) is 5.32 Å². The monoisotopic (exact) mass is 328 g/mol. The van der Waals surface area contributed by atoms with Crippen molar-refractivity contribution >= 4 is 33.8 Å². The molecule has 0 fully saturated rings. The van der Waals surface area contributed by atoms with Crippen LogP contribution in [0.25, 0.3) is 11.3 Å². The predicted octanol–water partition coefficient (Wildman–Crippen LogP) is 6.13. The lowest BCUT2D eigenvalue weighted by molar-refractivity contribution is 1.33. The van der Waals surface area contributed by atoms with Gasteiger partial charge in [0.25, 0.3) is 0 Å². The topological polar surface area (TPSA) is 24.9 Å². The van der Waals surface area contributed by atoms with E-state index in [2.05, 4.69) is 49.7 Å². The fourth-order valence-electron chi connectivity index (χ4n) is 2.31. The van der Waals surface area contributed by atoms with E-state index < -0.39 is 0 Å². The van der Waals surface area contributed by atoms with Crippen molar-refractivity contribution in [1.29, 1.82) is 0 Å². The molecule has 0 atom stereocenters. The highest BCUT2D eigenvalue weighted by molar-refractivity contribution is 7.14. The summed E-state index contributed by atoms with van der Waals surface area (Å²) in [5.74, 6) is 0. The highest BCUT2D eigenvalue weighted by atomic mass is 35.5. The zero-order valence-corrected chi connectivity index (χ0v) is 14.3. The van der Waals surface area contributed by atoms with Crippen molar-refractivity contribution in [3.8, 4) is 11.3 Å². The van der Waals surface area contributed by atoms with Crippen molar-refractivity contribution in [2.24, 2.45) is 0 Å². The Labute approximate surface area is 139 Å². The van der Waals surface area contributed by atoms with Crippen LogP contribution in [-0.4, -0.2) is 4.98 Å². The Balaban J connectivity index is 1.91. The maximum atomic E-state index is 6.07. The Kier molecular flexibility index (Phi) is 4.19. The van der Waals surface area contributed by atoms with Crippen LogP contribution < -0.4 is 5.32 Å². The third-order valence-corrected chi connectivity index (χ3v) is 4.61. The molecule has 112 valence electrons. The van der Waals surface area contributed by atoms with E-state index >= 15 is 0 Å². The van der Waals surface area contributed by atoms with Gasteiger partial charge in [0.1, 0.15) is 0 Å². The van der Waals surface area contributed by atoms with E-state index in [0.29, 0.717) is 0 Å². The molecular formula is C18H17ClN2S. The minimum atomic E-state index is 0.722. The van der Waals surface area contributed by atoms with Gasteiger partial charge in [-0.25, -0.2) is 4.98 Å². The van der Waals surface area contributed by atoms with Gasteiger partial charge in [-0.05, 0) is 50.1 Å².